The highest BCUT2D eigenvalue weighted by atomic mass is 35.5. The number of hydrogen-bond donors (Lipinski definition) is 0. The first kappa shape index (κ1) is 12.4. The van der Waals surface area contributed by atoms with Gasteiger partial charge in [-0.3, -0.25) is 0 Å². The Kier molecular flexibility index (Phi) is 5.93. The summed E-state index contributed by atoms with van der Waals surface area (Å²) in [5, 5.41) is 0.490. The molecule has 0 nitrogen and oxygen atoms in total. The van der Waals surface area contributed by atoms with Crippen LogP contribution in [0, 0.1) is 11.8 Å². The second kappa shape index (κ2) is 6.71. The van der Waals surface area contributed by atoms with Crippen molar-refractivity contribution >= 4 is 11.6 Å². The van der Waals surface area contributed by atoms with E-state index in [9.17, 15) is 0 Å². The van der Waals surface area contributed by atoms with Gasteiger partial charge in [-0.2, -0.15) is 0 Å². The summed E-state index contributed by atoms with van der Waals surface area (Å²) >= 11 is 6.14. The molecule has 3 atom stereocenters. The van der Waals surface area contributed by atoms with Crippen LogP contribution in [0.5, 0.6) is 0 Å². The van der Waals surface area contributed by atoms with E-state index in [-0.39, 0.29) is 0 Å². The molecule has 1 aliphatic rings. The summed E-state index contributed by atoms with van der Waals surface area (Å²) in [6.45, 7) is 4.63. The summed E-state index contributed by atoms with van der Waals surface area (Å²) in [7, 11) is 0. The lowest BCUT2D eigenvalue weighted by Crippen LogP contribution is -2.06. The van der Waals surface area contributed by atoms with Gasteiger partial charge in [-0.05, 0) is 37.5 Å². The van der Waals surface area contributed by atoms with Gasteiger partial charge >= 0.3 is 0 Å². The standard InChI is InChI=1S/C13H25Cl/c1-3-5-6-11(4-2)9-12-7-8-13(14)10-12/h11-13H,3-10H2,1-2H3. The Morgan fingerprint density at radius 3 is 2.57 bits per heavy atom. The normalized spacial score (nSPS) is 29.4. The Bertz CT molecular complexity index is 144. The molecule has 3 unspecified atom stereocenters. The molecule has 0 amide bonds. The van der Waals surface area contributed by atoms with Crippen molar-refractivity contribution in [2.24, 2.45) is 11.8 Å². The second-order valence-corrected chi connectivity index (χ2v) is 5.55. The zero-order chi connectivity index (χ0) is 10.4. The topological polar surface area (TPSA) is 0 Å². The Morgan fingerprint density at radius 1 is 1.29 bits per heavy atom. The predicted molar refractivity (Wildman–Crippen MR) is 64.9 cm³/mol. The van der Waals surface area contributed by atoms with Crippen LogP contribution in [-0.2, 0) is 0 Å². The van der Waals surface area contributed by atoms with Gasteiger partial charge in [-0.25, -0.2) is 0 Å². The van der Waals surface area contributed by atoms with Crippen molar-refractivity contribution in [3.8, 4) is 0 Å². The van der Waals surface area contributed by atoms with Crippen molar-refractivity contribution in [1.29, 1.82) is 0 Å². The Morgan fingerprint density at radius 2 is 2.07 bits per heavy atom. The summed E-state index contributed by atoms with van der Waals surface area (Å²) in [5.41, 5.74) is 0. The summed E-state index contributed by atoms with van der Waals surface area (Å²) in [6.07, 6.45) is 10.9. The van der Waals surface area contributed by atoms with Gasteiger partial charge in [0.2, 0.25) is 0 Å². The lowest BCUT2D eigenvalue weighted by Gasteiger charge is -2.18. The van der Waals surface area contributed by atoms with Crippen LogP contribution in [0.3, 0.4) is 0 Å². The van der Waals surface area contributed by atoms with E-state index in [1.165, 1.54) is 51.4 Å². The minimum Gasteiger partial charge on any atom is -0.123 e. The number of hydrogen-bond acceptors (Lipinski definition) is 0. The third-order valence-corrected chi connectivity index (χ3v) is 4.08. The van der Waals surface area contributed by atoms with E-state index in [4.69, 9.17) is 11.6 Å². The second-order valence-electron chi connectivity index (χ2n) is 4.93. The first-order valence-electron chi connectivity index (χ1n) is 6.40. The molecular formula is C13H25Cl. The molecule has 1 rings (SSSR count). The maximum absolute atomic E-state index is 6.14. The van der Waals surface area contributed by atoms with E-state index in [1.807, 2.05) is 0 Å². The highest BCUT2D eigenvalue weighted by Gasteiger charge is 2.24. The van der Waals surface area contributed by atoms with Gasteiger partial charge < -0.3 is 0 Å². The van der Waals surface area contributed by atoms with Crippen LogP contribution >= 0.6 is 11.6 Å². The fourth-order valence-electron chi connectivity index (χ4n) is 2.68. The molecule has 0 heterocycles. The molecule has 0 bridgehead atoms. The van der Waals surface area contributed by atoms with Gasteiger partial charge in [0.15, 0.2) is 0 Å². The van der Waals surface area contributed by atoms with Crippen LogP contribution in [0.1, 0.15) is 65.2 Å². The number of rotatable bonds is 6. The van der Waals surface area contributed by atoms with Crippen LogP contribution in [0.4, 0.5) is 0 Å². The minimum absolute atomic E-state index is 0.490. The summed E-state index contributed by atoms with van der Waals surface area (Å²) in [4.78, 5) is 0. The Balaban J connectivity index is 2.19. The van der Waals surface area contributed by atoms with Crippen molar-refractivity contribution in [3.05, 3.63) is 0 Å². The molecule has 0 N–H and O–H groups in total. The van der Waals surface area contributed by atoms with E-state index < -0.39 is 0 Å². The van der Waals surface area contributed by atoms with Crippen molar-refractivity contribution in [3.63, 3.8) is 0 Å². The van der Waals surface area contributed by atoms with E-state index in [0.29, 0.717) is 5.38 Å². The average molecular weight is 217 g/mol. The van der Waals surface area contributed by atoms with Gasteiger partial charge in [0.05, 0.1) is 0 Å². The maximum atomic E-state index is 6.14. The quantitative estimate of drug-likeness (QED) is 0.548. The van der Waals surface area contributed by atoms with Crippen LogP contribution in [0.15, 0.2) is 0 Å². The molecule has 1 heteroatoms. The molecule has 0 aromatic rings. The van der Waals surface area contributed by atoms with Gasteiger partial charge in [0.25, 0.3) is 0 Å². The molecule has 0 spiro atoms. The Labute approximate surface area is 94.4 Å². The zero-order valence-electron chi connectivity index (χ0n) is 9.77. The summed E-state index contributed by atoms with van der Waals surface area (Å²) in [6, 6.07) is 0. The van der Waals surface area contributed by atoms with Crippen molar-refractivity contribution in [2.45, 2.75) is 70.6 Å². The molecule has 1 fully saturated rings. The molecule has 0 aliphatic heterocycles. The van der Waals surface area contributed by atoms with Gasteiger partial charge in [-0.15, -0.1) is 11.6 Å². The van der Waals surface area contributed by atoms with E-state index in [2.05, 4.69) is 13.8 Å². The van der Waals surface area contributed by atoms with Crippen LogP contribution in [0.25, 0.3) is 0 Å². The summed E-state index contributed by atoms with van der Waals surface area (Å²) < 4.78 is 0. The monoisotopic (exact) mass is 216 g/mol. The third-order valence-electron chi connectivity index (χ3n) is 3.69. The van der Waals surface area contributed by atoms with Gasteiger partial charge in [0.1, 0.15) is 0 Å². The van der Waals surface area contributed by atoms with Crippen molar-refractivity contribution < 1.29 is 0 Å². The molecule has 0 saturated heterocycles. The molecule has 14 heavy (non-hydrogen) atoms. The van der Waals surface area contributed by atoms with Crippen molar-refractivity contribution in [2.75, 3.05) is 0 Å². The molecular weight excluding hydrogens is 192 g/mol. The number of halogens is 1. The zero-order valence-corrected chi connectivity index (χ0v) is 10.5. The molecule has 0 aromatic carbocycles. The molecule has 0 aromatic heterocycles. The van der Waals surface area contributed by atoms with E-state index >= 15 is 0 Å². The summed E-state index contributed by atoms with van der Waals surface area (Å²) in [5.74, 6) is 1.92. The smallest absolute Gasteiger partial charge is 0.0338 e. The molecule has 1 aliphatic carbocycles. The number of unbranched alkanes of at least 4 members (excludes halogenated alkanes) is 1. The highest BCUT2D eigenvalue weighted by molar-refractivity contribution is 6.20. The van der Waals surface area contributed by atoms with Crippen LogP contribution in [-0.4, -0.2) is 5.38 Å². The first-order valence-corrected chi connectivity index (χ1v) is 6.83. The SMILES string of the molecule is CCCCC(CC)CC1CCC(Cl)C1. The van der Waals surface area contributed by atoms with E-state index in [0.717, 1.165) is 11.8 Å². The molecule has 84 valence electrons. The van der Waals surface area contributed by atoms with Gasteiger partial charge in [0, 0.05) is 5.38 Å². The average Bonchev–Trinajstić information content (AvgIpc) is 2.58. The largest absolute Gasteiger partial charge is 0.123 e. The molecule has 1 saturated carbocycles. The fraction of sp³-hybridized carbons (Fsp3) is 1.00. The fourth-order valence-corrected chi connectivity index (χ4v) is 3.06. The third kappa shape index (κ3) is 4.21. The molecule has 0 radical (unpaired) electrons. The van der Waals surface area contributed by atoms with E-state index in [1.54, 1.807) is 0 Å². The Hall–Kier alpha value is 0.290. The van der Waals surface area contributed by atoms with Gasteiger partial charge in [-0.1, -0.05) is 39.5 Å². The highest BCUT2D eigenvalue weighted by Crippen LogP contribution is 2.35. The number of alkyl halides is 1. The maximum Gasteiger partial charge on any atom is 0.0338 e. The van der Waals surface area contributed by atoms with Crippen molar-refractivity contribution in [1.82, 2.24) is 0 Å². The lowest BCUT2D eigenvalue weighted by atomic mass is 9.88. The first-order chi connectivity index (χ1) is 6.76. The van der Waals surface area contributed by atoms with Crippen LogP contribution in [0.2, 0.25) is 0 Å². The predicted octanol–water partition coefficient (Wildman–Crippen LogP) is 5.00. The minimum atomic E-state index is 0.490. The lowest BCUT2D eigenvalue weighted by molar-refractivity contribution is 0.341. The van der Waals surface area contributed by atoms with Crippen LogP contribution < -0.4 is 0 Å².